The van der Waals surface area contributed by atoms with Gasteiger partial charge in [-0.3, -0.25) is 9.59 Å². The van der Waals surface area contributed by atoms with Crippen LogP contribution in [0.15, 0.2) is 59.5 Å². The fourth-order valence-corrected chi connectivity index (χ4v) is 6.57. The Balaban J connectivity index is 1.90. The van der Waals surface area contributed by atoms with Gasteiger partial charge in [0.2, 0.25) is 21.8 Å². The Morgan fingerprint density at radius 2 is 1.71 bits per heavy atom. The van der Waals surface area contributed by atoms with Crippen molar-refractivity contribution in [2.75, 3.05) is 38.0 Å². The molecular weight excluding hydrogens is 548 g/mol. The minimum absolute atomic E-state index is 0.0123. The lowest BCUT2D eigenvalue weighted by atomic mass is 9.99. The fraction of sp³-hybridized carbons (Fsp3) is 0.483. The van der Waals surface area contributed by atoms with Gasteiger partial charge < -0.3 is 25.3 Å². The van der Waals surface area contributed by atoms with Crippen LogP contribution in [-0.4, -0.2) is 95.5 Å². The molecule has 3 rings (SSSR count). The lowest BCUT2D eigenvalue weighted by Gasteiger charge is -2.36. The van der Waals surface area contributed by atoms with Gasteiger partial charge in [0.1, 0.15) is 0 Å². The van der Waals surface area contributed by atoms with E-state index < -0.39 is 28.3 Å². The third kappa shape index (κ3) is 9.00. The predicted octanol–water partition coefficient (Wildman–Crippen LogP) is 2.87. The normalized spacial score (nSPS) is 15.3. The summed E-state index contributed by atoms with van der Waals surface area (Å²) in [6.07, 6.45) is -1.33. The van der Waals surface area contributed by atoms with Crippen LogP contribution in [0.2, 0.25) is 0 Å². The first-order valence-corrected chi connectivity index (χ1v) is 15.2. The number of hydrogen-bond donors (Lipinski definition) is 3. The number of amides is 3. The summed E-state index contributed by atoms with van der Waals surface area (Å²) in [4.78, 5) is 38.7. The van der Waals surface area contributed by atoms with E-state index in [1.54, 1.807) is 4.90 Å². The highest BCUT2D eigenvalue weighted by Crippen LogP contribution is 2.23. The first-order valence-electron chi connectivity index (χ1n) is 13.8. The van der Waals surface area contributed by atoms with E-state index in [9.17, 15) is 33.0 Å². The molecule has 1 heterocycles. The van der Waals surface area contributed by atoms with Crippen molar-refractivity contribution in [3.05, 3.63) is 60.2 Å². The van der Waals surface area contributed by atoms with E-state index in [-0.39, 0.29) is 55.2 Å². The number of rotatable bonds is 14. The second-order valence-corrected chi connectivity index (χ2v) is 12.6. The number of carbonyl (C=O) groups is 3. The largest absolute Gasteiger partial charge is 0.465 e. The average Bonchev–Trinajstić information content (AvgIpc) is 3.32. The van der Waals surface area contributed by atoms with Crippen LogP contribution in [0.3, 0.4) is 0 Å². The average molecular weight is 589 g/mol. The first-order chi connectivity index (χ1) is 19.4. The molecule has 3 amide bonds. The van der Waals surface area contributed by atoms with Crippen molar-refractivity contribution in [1.29, 1.82) is 0 Å². The highest BCUT2D eigenvalue weighted by atomic mass is 32.2. The molecule has 224 valence electrons. The molecule has 0 aromatic heterocycles. The molecule has 3 N–H and O–H groups in total. The van der Waals surface area contributed by atoms with Crippen LogP contribution < -0.4 is 5.32 Å². The summed E-state index contributed by atoms with van der Waals surface area (Å²) in [5, 5.41) is 24.3. The Labute approximate surface area is 241 Å². The number of aliphatic hydroxyl groups excluding tert-OH is 1. The second-order valence-electron chi connectivity index (χ2n) is 10.7. The van der Waals surface area contributed by atoms with E-state index in [0.717, 1.165) is 16.9 Å². The van der Waals surface area contributed by atoms with Crippen LogP contribution in [-0.2, 0) is 26.0 Å². The number of anilines is 1. The highest BCUT2D eigenvalue weighted by molar-refractivity contribution is 7.89. The quantitative estimate of drug-likeness (QED) is 0.307. The molecule has 0 spiro atoms. The predicted molar refractivity (Wildman–Crippen MR) is 155 cm³/mol. The summed E-state index contributed by atoms with van der Waals surface area (Å²) in [6, 6.07) is 13.9. The lowest BCUT2D eigenvalue weighted by Crippen LogP contribution is -2.54. The van der Waals surface area contributed by atoms with Crippen LogP contribution in [0.25, 0.3) is 0 Å². The van der Waals surface area contributed by atoms with Gasteiger partial charge in [-0.05, 0) is 48.6 Å². The second kappa shape index (κ2) is 14.4. The van der Waals surface area contributed by atoms with Gasteiger partial charge >= 0.3 is 6.09 Å². The monoisotopic (exact) mass is 588 g/mol. The van der Waals surface area contributed by atoms with Crippen molar-refractivity contribution in [2.24, 2.45) is 5.92 Å². The molecule has 1 fully saturated rings. The van der Waals surface area contributed by atoms with Crippen LogP contribution in [0.1, 0.15) is 39.2 Å². The minimum atomic E-state index is -4.08. The number of likely N-dealkylation sites (tertiary alicyclic amines) is 1. The highest BCUT2D eigenvalue weighted by Gasteiger charge is 2.35. The van der Waals surface area contributed by atoms with E-state index in [1.807, 2.05) is 44.2 Å². The number of aliphatic hydroxyl groups is 1. The lowest BCUT2D eigenvalue weighted by molar-refractivity contribution is -0.128. The molecule has 2 atom stereocenters. The van der Waals surface area contributed by atoms with Gasteiger partial charge in [0.25, 0.3) is 0 Å². The van der Waals surface area contributed by atoms with Crippen molar-refractivity contribution in [1.82, 2.24) is 14.1 Å². The topological polar surface area (TPSA) is 148 Å². The Kier molecular flexibility index (Phi) is 11.3. The van der Waals surface area contributed by atoms with E-state index >= 15 is 0 Å². The molecule has 1 aliphatic heterocycles. The summed E-state index contributed by atoms with van der Waals surface area (Å²) in [5.74, 6) is -0.402. The number of nitrogens with zero attached hydrogens (tertiary/aromatic N) is 3. The van der Waals surface area contributed by atoms with Crippen molar-refractivity contribution in [3.63, 3.8) is 0 Å². The molecule has 11 nitrogen and oxygen atoms in total. The summed E-state index contributed by atoms with van der Waals surface area (Å²) >= 11 is 0. The van der Waals surface area contributed by atoms with Crippen LogP contribution in [0, 0.1) is 5.92 Å². The standard InChI is InChI=1S/C29H40N4O7S/c1-21(2)19-32(41(39,40)25-13-11-24(12-14-25)30-22(3)34)20-27(35)26(18-23-8-5-4-6-9-23)33(29(37)38)17-16-31-15-7-10-28(31)36/h4-6,8-9,11-14,21,26-27,35H,7,10,15-20H2,1-3H3,(H,30,34)(H,37,38)/t26-,27+/m0/s1. The number of nitrogens with one attached hydrogen (secondary N) is 1. The Bertz CT molecular complexity index is 1290. The summed E-state index contributed by atoms with van der Waals surface area (Å²) < 4.78 is 28.6. The number of sulfonamides is 1. The summed E-state index contributed by atoms with van der Waals surface area (Å²) in [7, 11) is -4.08. The molecule has 0 unspecified atom stereocenters. The Hall–Kier alpha value is -3.48. The molecular formula is C29H40N4O7S. The third-order valence-corrected chi connectivity index (χ3v) is 8.78. The zero-order valence-electron chi connectivity index (χ0n) is 23.8. The molecule has 12 heteroatoms. The van der Waals surface area contributed by atoms with Crippen molar-refractivity contribution in [2.45, 2.75) is 57.1 Å². The van der Waals surface area contributed by atoms with Gasteiger partial charge in [0.05, 0.1) is 17.0 Å². The molecule has 41 heavy (non-hydrogen) atoms. The van der Waals surface area contributed by atoms with E-state index in [4.69, 9.17) is 0 Å². The Morgan fingerprint density at radius 1 is 1.05 bits per heavy atom. The maximum Gasteiger partial charge on any atom is 0.407 e. The number of hydrogen-bond acceptors (Lipinski definition) is 6. The van der Waals surface area contributed by atoms with E-state index in [2.05, 4.69) is 5.32 Å². The zero-order chi connectivity index (χ0) is 30.2. The summed E-state index contributed by atoms with van der Waals surface area (Å²) in [6.45, 7) is 5.55. The molecule has 1 saturated heterocycles. The van der Waals surface area contributed by atoms with Crippen molar-refractivity contribution in [3.8, 4) is 0 Å². The van der Waals surface area contributed by atoms with E-state index in [0.29, 0.717) is 18.7 Å². The number of carbonyl (C=O) groups excluding carboxylic acids is 2. The smallest absolute Gasteiger partial charge is 0.407 e. The van der Waals surface area contributed by atoms with Gasteiger partial charge in [0, 0.05) is 51.8 Å². The molecule has 2 aromatic rings. The summed E-state index contributed by atoms with van der Waals surface area (Å²) in [5.41, 5.74) is 1.23. The molecule has 0 bridgehead atoms. The molecule has 1 aliphatic rings. The zero-order valence-corrected chi connectivity index (χ0v) is 24.6. The molecule has 0 radical (unpaired) electrons. The van der Waals surface area contributed by atoms with Crippen LogP contribution >= 0.6 is 0 Å². The maximum atomic E-state index is 13.7. The molecule has 0 aliphatic carbocycles. The maximum absolute atomic E-state index is 13.7. The van der Waals surface area contributed by atoms with Gasteiger partial charge in [-0.15, -0.1) is 0 Å². The van der Waals surface area contributed by atoms with Crippen molar-refractivity contribution >= 4 is 33.6 Å². The fourth-order valence-electron chi connectivity index (χ4n) is 4.95. The van der Waals surface area contributed by atoms with Crippen LogP contribution in [0.5, 0.6) is 0 Å². The Morgan fingerprint density at radius 3 is 2.24 bits per heavy atom. The minimum Gasteiger partial charge on any atom is -0.465 e. The van der Waals surface area contributed by atoms with Crippen LogP contribution in [0.4, 0.5) is 10.5 Å². The SMILES string of the molecule is CC(=O)Nc1ccc(S(=O)(=O)N(CC(C)C)C[C@@H](O)[C@H](Cc2ccccc2)N(CCN2CCCC2=O)C(=O)O)cc1. The molecule has 2 aromatic carbocycles. The van der Waals surface area contributed by atoms with Crippen molar-refractivity contribution < 1.29 is 33.0 Å². The van der Waals surface area contributed by atoms with Gasteiger partial charge in [-0.25, -0.2) is 13.2 Å². The number of benzene rings is 2. The molecule has 0 saturated carbocycles. The van der Waals surface area contributed by atoms with E-state index in [1.165, 1.54) is 35.5 Å². The first kappa shape index (κ1) is 32.0. The van der Waals surface area contributed by atoms with Gasteiger partial charge in [-0.2, -0.15) is 4.31 Å². The number of carboxylic acid groups (broad SMARTS) is 1. The third-order valence-electron chi connectivity index (χ3n) is 6.93. The van der Waals surface area contributed by atoms with Gasteiger partial charge in [0.15, 0.2) is 0 Å². The van der Waals surface area contributed by atoms with Gasteiger partial charge in [-0.1, -0.05) is 44.2 Å².